The fraction of sp³-hybridized carbons (Fsp3) is 0.529. The molecule has 6 heteroatoms. The van der Waals surface area contributed by atoms with E-state index in [4.69, 9.17) is 0 Å². The number of benzene rings is 1. The molecule has 1 fully saturated rings. The van der Waals surface area contributed by atoms with Gasteiger partial charge in [-0.2, -0.15) is 0 Å². The molecule has 1 aliphatic carbocycles. The number of hydrogen-bond donors (Lipinski definition) is 2. The maximum atomic E-state index is 13.3. The summed E-state index contributed by atoms with van der Waals surface area (Å²) in [6.07, 6.45) is 4.75. The van der Waals surface area contributed by atoms with Crippen LogP contribution in [0, 0.1) is 11.7 Å². The number of hydrogen-bond acceptors (Lipinski definition) is 2. The summed E-state index contributed by atoms with van der Waals surface area (Å²) in [7, 11) is 0. The molecule has 3 amide bonds. The highest BCUT2D eigenvalue weighted by Gasteiger charge is 2.27. The Morgan fingerprint density at radius 3 is 2.91 bits per heavy atom. The van der Waals surface area contributed by atoms with Gasteiger partial charge in [0.1, 0.15) is 12.4 Å². The molecule has 1 atom stereocenters. The van der Waals surface area contributed by atoms with Crippen molar-refractivity contribution in [2.75, 3.05) is 11.9 Å². The summed E-state index contributed by atoms with van der Waals surface area (Å²) in [6.45, 7) is 2.25. The second-order valence-electron chi connectivity index (χ2n) is 6.49. The van der Waals surface area contributed by atoms with Crippen LogP contribution in [0.5, 0.6) is 0 Å². The molecule has 5 nitrogen and oxygen atoms in total. The summed E-state index contributed by atoms with van der Waals surface area (Å²) >= 11 is 0. The van der Waals surface area contributed by atoms with Crippen LogP contribution < -0.4 is 10.6 Å². The summed E-state index contributed by atoms with van der Waals surface area (Å²) in [5.74, 6) is 0.0162. The van der Waals surface area contributed by atoms with Crippen molar-refractivity contribution in [3.05, 3.63) is 29.6 Å². The van der Waals surface area contributed by atoms with Crippen molar-refractivity contribution in [2.24, 2.45) is 5.92 Å². The highest BCUT2D eigenvalue weighted by Crippen LogP contribution is 2.27. The number of nitrogens with zero attached hydrogens (tertiary/aromatic N) is 1. The molecular weight excluding hydrogens is 297 g/mol. The van der Waals surface area contributed by atoms with Gasteiger partial charge in [-0.25, -0.2) is 9.18 Å². The molecule has 0 spiro atoms. The standard InChI is InChI=1S/C17H22FN3O2/c1-11(12-4-2-3-5-12)19-16(22)10-21-9-13-8-14(18)6-7-15(13)20-17(21)23/h6-8,11-12H,2-5,9-10H2,1H3,(H,19,22)(H,20,23)/t11-/m0/s1. The van der Waals surface area contributed by atoms with Crippen LogP contribution in [0.3, 0.4) is 0 Å². The van der Waals surface area contributed by atoms with E-state index in [9.17, 15) is 14.0 Å². The fourth-order valence-electron chi connectivity index (χ4n) is 3.46. The first-order valence-electron chi connectivity index (χ1n) is 8.16. The average Bonchev–Trinajstić information content (AvgIpc) is 3.03. The fourth-order valence-corrected chi connectivity index (χ4v) is 3.46. The summed E-state index contributed by atoms with van der Waals surface area (Å²) in [6, 6.07) is 4.05. The lowest BCUT2D eigenvalue weighted by Gasteiger charge is -2.29. The number of carbonyl (C=O) groups excluding carboxylic acids is 2. The van der Waals surface area contributed by atoms with Crippen LogP contribution in [0.1, 0.15) is 38.2 Å². The molecule has 1 aliphatic heterocycles. The Morgan fingerprint density at radius 2 is 2.17 bits per heavy atom. The van der Waals surface area contributed by atoms with E-state index in [-0.39, 0.29) is 36.9 Å². The average molecular weight is 319 g/mol. The van der Waals surface area contributed by atoms with Crippen LogP contribution in [0.2, 0.25) is 0 Å². The number of carbonyl (C=O) groups is 2. The first-order valence-corrected chi connectivity index (χ1v) is 8.16. The maximum Gasteiger partial charge on any atom is 0.322 e. The van der Waals surface area contributed by atoms with Gasteiger partial charge in [-0.3, -0.25) is 4.79 Å². The van der Waals surface area contributed by atoms with Crippen LogP contribution in [0.25, 0.3) is 0 Å². The lowest BCUT2D eigenvalue weighted by molar-refractivity contribution is -0.122. The summed E-state index contributed by atoms with van der Waals surface area (Å²) in [5, 5.41) is 5.68. The van der Waals surface area contributed by atoms with E-state index in [1.165, 1.54) is 29.9 Å². The predicted molar refractivity (Wildman–Crippen MR) is 85.4 cm³/mol. The van der Waals surface area contributed by atoms with E-state index in [0.717, 1.165) is 12.8 Å². The van der Waals surface area contributed by atoms with E-state index in [0.29, 0.717) is 17.2 Å². The predicted octanol–water partition coefficient (Wildman–Crippen LogP) is 2.87. The highest BCUT2D eigenvalue weighted by atomic mass is 19.1. The maximum absolute atomic E-state index is 13.3. The Bertz CT molecular complexity index is 614. The molecule has 0 radical (unpaired) electrons. The third-order valence-electron chi connectivity index (χ3n) is 4.79. The minimum atomic E-state index is -0.348. The van der Waals surface area contributed by atoms with Crippen molar-refractivity contribution >= 4 is 17.6 Å². The minimum Gasteiger partial charge on any atom is -0.352 e. The van der Waals surface area contributed by atoms with E-state index < -0.39 is 0 Å². The van der Waals surface area contributed by atoms with Crippen molar-refractivity contribution in [3.63, 3.8) is 0 Å². The van der Waals surface area contributed by atoms with Crippen molar-refractivity contribution in [1.29, 1.82) is 0 Å². The molecule has 1 aromatic carbocycles. The quantitative estimate of drug-likeness (QED) is 0.896. The summed E-state index contributed by atoms with van der Waals surface area (Å²) < 4.78 is 13.3. The highest BCUT2D eigenvalue weighted by molar-refractivity contribution is 5.94. The zero-order valence-electron chi connectivity index (χ0n) is 13.3. The smallest absolute Gasteiger partial charge is 0.322 e. The molecule has 2 N–H and O–H groups in total. The number of anilines is 1. The van der Waals surface area contributed by atoms with E-state index >= 15 is 0 Å². The first kappa shape index (κ1) is 15.8. The van der Waals surface area contributed by atoms with Gasteiger partial charge in [-0.15, -0.1) is 0 Å². The van der Waals surface area contributed by atoms with Gasteiger partial charge in [0.15, 0.2) is 0 Å². The van der Waals surface area contributed by atoms with Crippen LogP contribution in [-0.2, 0) is 11.3 Å². The van der Waals surface area contributed by atoms with E-state index in [1.807, 2.05) is 6.92 Å². The zero-order chi connectivity index (χ0) is 16.4. The van der Waals surface area contributed by atoms with Crippen LogP contribution in [0.4, 0.5) is 14.9 Å². The van der Waals surface area contributed by atoms with Gasteiger partial charge in [-0.05, 0) is 49.4 Å². The van der Waals surface area contributed by atoms with Gasteiger partial charge < -0.3 is 15.5 Å². The first-order chi connectivity index (χ1) is 11.0. The van der Waals surface area contributed by atoms with Gasteiger partial charge in [0.25, 0.3) is 0 Å². The molecule has 1 aromatic rings. The number of urea groups is 1. The number of rotatable bonds is 4. The normalized spacial score (nSPS) is 19.2. The Hall–Kier alpha value is -2.11. The molecule has 3 rings (SSSR count). The number of halogens is 1. The van der Waals surface area contributed by atoms with Crippen molar-refractivity contribution in [2.45, 2.75) is 45.2 Å². The van der Waals surface area contributed by atoms with Crippen molar-refractivity contribution in [1.82, 2.24) is 10.2 Å². The molecule has 1 heterocycles. The number of nitrogens with one attached hydrogen (secondary N) is 2. The SMILES string of the molecule is C[C@H](NC(=O)CN1Cc2cc(F)ccc2NC1=O)C1CCCC1. The molecule has 0 saturated heterocycles. The van der Waals surface area contributed by atoms with Crippen LogP contribution in [-0.4, -0.2) is 29.4 Å². The Balaban J connectivity index is 1.59. The summed E-state index contributed by atoms with van der Waals surface area (Å²) in [5.41, 5.74) is 1.29. The third kappa shape index (κ3) is 3.63. The van der Waals surface area contributed by atoms with Crippen LogP contribution >= 0.6 is 0 Å². The second-order valence-corrected chi connectivity index (χ2v) is 6.49. The molecule has 0 aromatic heterocycles. The molecule has 124 valence electrons. The van der Waals surface area contributed by atoms with Crippen molar-refractivity contribution < 1.29 is 14.0 Å². The van der Waals surface area contributed by atoms with E-state index in [1.54, 1.807) is 6.07 Å². The largest absolute Gasteiger partial charge is 0.352 e. The molecule has 1 saturated carbocycles. The molecular formula is C17H22FN3O2. The molecule has 0 unspecified atom stereocenters. The Labute approximate surface area is 135 Å². The van der Waals surface area contributed by atoms with Gasteiger partial charge >= 0.3 is 6.03 Å². The molecule has 0 bridgehead atoms. The zero-order valence-corrected chi connectivity index (χ0v) is 13.3. The van der Waals surface area contributed by atoms with Gasteiger partial charge in [0.05, 0.1) is 6.54 Å². The third-order valence-corrected chi connectivity index (χ3v) is 4.79. The van der Waals surface area contributed by atoms with E-state index in [2.05, 4.69) is 10.6 Å². The molecule has 2 aliphatic rings. The van der Waals surface area contributed by atoms with Gasteiger partial charge in [0.2, 0.25) is 5.91 Å². The monoisotopic (exact) mass is 319 g/mol. The lowest BCUT2D eigenvalue weighted by Crippen LogP contribution is -2.47. The van der Waals surface area contributed by atoms with Gasteiger partial charge in [-0.1, -0.05) is 12.8 Å². The number of fused-ring (bicyclic) bond motifs is 1. The Morgan fingerprint density at radius 1 is 1.43 bits per heavy atom. The molecule has 23 heavy (non-hydrogen) atoms. The van der Waals surface area contributed by atoms with Crippen LogP contribution in [0.15, 0.2) is 18.2 Å². The second kappa shape index (κ2) is 6.56. The topological polar surface area (TPSA) is 61.4 Å². The summed E-state index contributed by atoms with van der Waals surface area (Å²) in [4.78, 5) is 25.7. The Kier molecular flexibility index (Phi) is 4.50. The lowest BCUT2D eigenvalue weighted by atomic mass is 10.00. The van der Waals surface area contributed by atoms with Crippen molar-refractivity contribution in [3.8, 4) is 0 Å². The minimum absolute atomic E-state index is 0.0150. The number of amides is 3. The van der Waals surface area contributed by atoms with Gasteiger partial charge in [0, 0.05) is 11.7 Å².